The fraction of sp³-hybridized carbons (Fsp3) is 0.826. The molecule has 0 aliphatic heterocycles. The molecule has 0 saturated carbocycles. The molecule has 0 saturated heterocycles. The Morgan fingerprint density at radius 3 is 1.71 bits per heavy atom. The van der Waals surface area contributed by atoms with Gasteiger partial charge in [0.05, 0.1) is 52.6 Å². The summed E-state index contributed by atoms with van der Waals surface area (Å²) in [6, 6.07) is 0. The molecule has 0 aliphatic rings. The second-order valence-corrected chi connectivity index (χ2v) is 8.55. The maximum Gasteiger partial charge on any atom is 0.317 e. The summed E-state index contributed by atoms with van der Waals surface area (Å²) in [7, 11) is 0. The zero-order valence-electron chi connectivity index (χ0n) is 22.4. The number of ether oxygens (including phenoxy) is 2. The predicted molar refractivity (Wildman–Crippen MR) is 139 cm³/mol. The number of amides is 1. The van der Waals surface area contributed by atoms with Crippen LogP contribution in [0.1, 0.15) is 13.3 Å². The normalized spacial score (nSPS) is 11.4. The molecule has 0 aliphatic carbocycles. The standard InChI is InChI=1S/C23H46N6O9/c1-2-6-27(18-22(33)34)8-10-29(19-23(35)36)11-9-28(7-4-25-16-21(31)32)17-20(30)26-5-13-38-15-14-37-12-3-24/h25H,2-19,24H2,1H3,(H,26,30)(H,31,32)(H,33,34)(H,35,36). The average Bonchev–Trinajstić information content (AvgIpc) is 2.84. The summed E-state index contributed by atoms with van der Waals surface area (Å²) in [6.45, 7) is 6.46. The third-order valence-corrected chi connectivity index (χ3v) is 5.17. The van der Waals surface area contributed by atoms with E-state index in [1.54, 1.807) is 9.80 Å². The van der Waals surface area contributed by atoms with Crippen molar-refractivity contribution in [2.45, 2.75) is 13.3 Å². The number of carbonyl (C=O) groups is 4. The molecule has 0 unspecified atom stereocenters. The summed E-state index contributed by atoms with van der Waals surface area (Å²) in [5.41, 5.74) is 5.33. The van der Waals surface area contributed by atoms with Gasteiger partial charge in [-0.3, -0.25) is 33.9 Å². The first-order chi connectivity index (χ1) is 18.2. The lowest BCUT2D eigenvalue weighted by atomic mass is 10.3. The Labute approximate surface area is 224 Å². The number of hydrogen-bond donors (Lipinski definition) is 6. The molecule has 0 bridgehead atoms. The Balaban J connectivity index is 4.80. The van der Waals surface area contributed by atoms with Crippen LogP contribution in [-0.2, 0) is 28.7 Å². The van der Waals surface area contributed by atoms with Gasteiger partial charge in [-0.2, -0.15) is 0 Å². The minimum absolute atomic E-state index is 0.0379. The van der Waals surface area contributed by atoms with Crippen LogP contribution in [-0.4, -0.2) is 165 Å². The number of carbonyl (C=O) groups excluding carboxylic acids is 1. The van der Waals surface area contributed by atoms with Crippen molar-refractivity contribution in [3.63, 3.8) is 0 Å². The van der Waals surface area contributed by atoms with Crippen molar-refractivity contribution < 1.29 is 44.0 Å². The van der Waals surface area contributed by atoms with E-state index in [-0.39, 0.29) is 32.1 Å². The van der Waals surface area contributed by atoms with E-state index in [1.807, 2.05) is 11.8 Å². The van der Waals surface area contributed by atoms with Gasteiger partial charge in [-0.15, -0.1) is 0 Å². The number of aliphatic carboxylic acids is 3. The third-order valence-electron chi connectivity index (χ3n) is 5.17. The molecule has 0 atom stereocenters. The summed E-state index contributed by atoms with van der Waals surface area (Å²) < 4.78 is 10.6. The van der Waals surface area contributed by atoms with Crippen LogP contribution in [0.15, 0.2) is 0 Å². The SMILES string of the molecule is CCCN(CCN(CCN(CCNCC(=O)O)CC(=O)NCCOCCOCCN)CC(=O)O)CC(=O)O. The summed E-state index contributed by atoms with van der Waals surface area (Å²) >= 11 is 0. The number of hydrogen-bond acceptors (Lipinski definition) is 11. The minimum Gasteiger partial charge on any atom is -0.480 e. The molecular formula is C23H46N6O9. The van der Waals surface area contributed by atoms with E-state index < -0.39 is 17.9 Å². The summed E-state index contributed by atoms with van der Waals surface area (Å²) in [5, 5.41) is 32.8. The highest BCUT2D eigenvalue weighted by molar-refractivity contribution is 5.78. The first-order valence-corrected chi connectivity index (χ1v) is 12.8. The number of nitrogens with zero attached hydrogens (tertiary/aromatic N) is 3. The first-order valence-electron chi connectivity index (χ1n) is 12.8. The van der Waals surface area contributed by atoms with Gasteiger partial charge in [-0.1, -0.05) is 6.92 Å². The van der Waals surface area contributed by atoms with Crippen LogP contribution >= 0.6 is 0 Å². The lowest BCUT2D eigenvalue weighted by Gasteiger charge is -2.28. The Morgan fingerprint density at radius 2 is 1.21 bits per heavy atom. The van der Waals surface area contributed by atoms with Gasteiger partial charge in [-0.25, -0.2) is 0 Å². The zero-order chi connectivity index (χ0) is 28.6. The topological polar surface area (TPSA) is 207 Å². The van der Waals surface area contributed by atoms with Crippen LogP contribution in [0, 0.1) is 0 Å². The van der Waals surface area contributed by atoms with Gasteiger partial charge in [0.2, 0.25) is 5.91 Å². The second-order valence-electron chi connectivity index (χ2n) is 8.55. The van der Waals surface area contributed by atoms with Gasteiger partial charge in [0.25, 0.3) is 0 Å². The fourth-order valence-electron chi connectivity index (χ4n) is 3.43. The Kier molecular flexibility index (Phi) is 22.2. The van der Waals surface area contributed by atoms with Crippen molar-refractivity contribution >= 4 is 23.8 Å². The molecule has 15 heteroatoms. The van der Waals surface area contributed by atoms with Gasteiger partial charge in [0, 0.05) is 52.4 Å². The van der Waals surface area contributed by atoms with Gasteiger partial charge < -0.3 is 41.2 Å². The number of carboxylic acids is 3. The molecule has 7 N–H and O–H groups in total. The molecule has 1 amide bonds. The van der Waals surface area contributed by atoms with Gasteiger partial charge in [-0.05, 0) is 13.0 Å². The van der Waals surface area contributed by atoms with E-state index >= 15 is 0 Å². The maximum absolute atomic E-state index is 12.4. The Bertz CT molecular complexity index is 671. The van der Waals surface area contributed by atoms with E-state index in [0.717, 1.165) is 6.42 Å². The molecule has 15 nitrogen and oxygen atoms in total. The van der Waals surface area contributed by atoms with Crippen molar-refractivity contribution in [2.24, 2.45) is 5.73 Å². The monoisotopic (exact) mass is 550 g/mol. The van der Waals surface area contributed by atoms with Crippen molar-refractivity contribution in [3.05, 3.63) is 0 Å². The quantitative estimate of drug-likeness (QED) is 0.0574. The van der Waals surface area contributed by atoms with Gasteiger partial charge in [0.1, 0.15) is 0 Å². The largest absolute Gasteiger partial charge is 0.480 e. The van der Waals surface area contributed by atoms with E-state index in [2.05, 4.69) is 10.6 Å². The number of nitrogens with one attached hydrogen (secondary N) is 2. The highest BCUT2D eigenvalue weighted by Crippen LogP contribution is 1.98. The van der Waals surface area contributed by atoms with E-state index in [9.17, 15) is 24.3 Å². The van der Waals surface area contributed by atoms with Crippen LogP contribution in [0.4, 0.5) is 0 Å². The summed E-state index contributed by atoms with van der Waals surface area (Å²) in [6.07, 6.45) is 0.769. The molecule has 0 aromatic carbocycles. The lowest BCUT2D eigenvalue weighted by molar-refractivity contribution is -0.140. The Hall–Kier alpha value is -2.40. The maximum atomic E-state index is 12.4. The minimum atomic E-state index is -1.01. The van der Waals surface area contributed by atoms with Crippen LogP contribution in [0.2, 0.25) is 0 Å². The van der Waals surface area contributed by atoms with Gasteiger partial charge in [0.15, 0.2) is 0 Å². The predicted octanol–water partition coefficient (Wildman–Crippen LogP) is -2.75. The molecule has 38 heavy (non-hydrogen) atoms. The zero-order valence-corrected chi connectivity index (χ0v) is 22.4. The number of nitrogens with two attached hydrogens (primary N) is 1. The molecule has 0 rings (SSSR count). The van der Waals surface area contributed by atoms with E-state index in [0.29, 0.717) is 85.3 Å². The summed E-state index contributed by atoms with van der Waals surface area (Å²) in [5.74, 6) is -3.19. The average molecular weight is 551 g/mol. The third kappa shape index (κ3) is 22.8. The van der Waals surface area contributed by atoms with E-state index in [1.165, 1.54) is 0 Å². The smallest absolute Gasteiger partial charge is 0.317 e. The van der Waals surface area contributed by atoms with Crippen molar-refractivity contribution in [3.8, 4) is 0 Å². The number of carboxylic acid groups (broad SMARTS) is 3. The molecule has 0 fully saturated rings. The first kappa shape index (κ1) is 35.6. The van der Waals surface area contributed by atoms with Crippen LogP contribution in [0.25, 0.3) is 0 Å². The highest BCUT2D eigenvalue weighted by atomic mass is 16.5. The summed E-state index contributed by atoms with van der Waals surface area (Å²) in [4.78, 5) is 50.9. The van der Waals surface area contributed by atoms with Crippen LogP contribution < -0.4 is 16.4 Å². The van der Waals surface area contributed by atoms with Crippen LogP contribution in [0.5, 0.6) is 0 Å². The van der Waals surface area contributed by atoms with Crippen molar-refractivity contribution in [1.29, 1.82) is 0 Å². The molecule has 0 radical (unpaired) electrons. The highest BCUT2D eigenvalue weighted by Gasteiger charge is 2.17. The molecule has 0 heterocycles. The molecule has 0 spiro atoms. The van der Waals surface area contributed by atoms with Crippen molar-refractivity contribution in [2.75, 3.05) is 112 Å². The fourth-order valence-corrected chi connectivity index (χ4v) is 3.43. The number of rotatable bonds is 27. The molecular weight excluding hydrogens is 504 g/mol. The molecule has 0 aromatic heterocycles. The van der Waals surface area contributed by atoms with Crippen LogP contribution in [0.3, 0.4) is 0 Å². The molecule has 0 aromatic rings. The molecule has 222 valence electrons. The van der Waals surface area contributed by atoms with E-state index in [4.69, 9.17) is 25.4 Å². The lowest BCUT2D eigenvalue weighted by Crippen LogP contribution is -2.46. The second kappa shape index (κ2) is 23.7. The Morgan fingerprint density at radius 1 is 0.684 bits per heavy atom. The van der Waals surface area contributed by atoms with Gasteiger partial charge >= 0.3 is 17.9 Å². The van der Waals surface area contributed by atoms with Crippen molar-refractivity contribution in [1.82, 2.24) is 25.3 Å².